The molecule has 0 spiro atoms. The number of amides is 1. The van der Waals surface area contributed by atoms with Crippen LogP contribution in [0.15, 0.2) is 24.3 Å². The van der Waals surface area contributed by atoms with Gasteiger partial charge in [0.15, 0.2) is 0 Å². The third kappa shape index (κ3) is 4.72. The quantitative estimate of drug-likeness (QED) is 0.906. The Balaban J connectivity index is 1.72. The molecule has 4 nitrogen and oxygen atoms in total. The molecular formula is C15H22N2O2S. The summed E-state index contributed by atoms with van der Waals surface area (Å²) in [7, 11) is 3.78. The molecule has 0 saturated carbocycles. The second-order valence-electron chi connectivity index (χ2n) is 5.09. The van der Waals surface area contributed by atoms with Crippen LogP contribution in [0.5, 0.6) is 5.75 Å². The largest absolute Gasteiger partial charge is 0.497 e. The molecule has 1 N–H and O–H groups in total. The summed E-state index contributed by atoms with van der Waals surface area (Å²) in [5, 5.41) is 3.53. The van der Waals surface area contributed by atoms with Crippen molar-refractivity contribution in [2.24, 2.45) is 0 Å². The zero-order chi connectivity index (χ0) is 14.4. The molecule has 1 heterocycles. The van der Waals surface area contributed by atoms with Gasteiger partial charge in [-0.05, 0) is 57.2 Å². The highest BCUT2D eigenvalue weighted by molar-refractivity contribution is 8.00. The van der Waals surface area contributed by atoms with Crippen LogP contribution in [0.25, 0.3) is 0 Å². The predicted octanol–water partition coefficient (Wildman–Crippen LogP) is 2.46. The summed E-state index contributed by atoms with van der Waals surface area (Å²) in [6.45, 7) is 2.27. The topological polar surface area (TPSA) is 41.6 Å². The number of benzene rings is 1. The summed E-state index contributed by atoms with van der Waals surface area (Å²) in [6.07, 6.45) is 2.36. The van der Waals surface area contributed by atoms with Crippen LogP contribution in [0, 0.1) is 0 Å². The normalized spacial score (nSPS) is 16.9. The Morgan fingerprint density at radius 1 is 1.35 bits per heavy atom. The number of piperidine rings is 1. The molecule has 1 aliphatic rings. The SMILES string of the molecule is COc1ccc(NC(=O)CSC2CCN(C)CC2)cc1. The minimum atomic E-state index is 0.0686. The van der Waals surface area contributed by atoms with E-state index in [1.54, 1.807) is 18.9 Å². The maximum Gasteiger partial charge on any atom is 0.234 e. The Morgan fingerprint density at radius 3 is 2.60 bits per heavy atom. The van der Waals surface area contributed by atoms with Crippen molar-refractivity contribution in [3.05, 3.63) is 24.3 Å². The van der Waals surface area contributed by atoms with Crippen molar-refractivity contribution in [3.8, 4) is 5.75 Å². The van der Waals surface area contributed by atoms with Crippen molar-refractivity contribution in [2.45, 2.75) is 18.1 Å². The van der Waals surface area contributed by atoms with Gasteiger partial charge in [0.2, 0.25) is 5.91 Å². The number of rotatable bonds is 5. The molecule has 20 heavy (non-hydrogen) atoms. The van der Waals surface area contributed by atoms with Crippen molar-refractivity contribution in [3.63, 3.8) is 0 Å². The number of ether oxygens (including phenoxy) is 1. The number of carbonyl (C=O) groups is 1. The standard InChI is InChI=1S/C15H22N2O2S/c1-17-9-7-14(8-10-17)20-11-15(18)16-12-3-5-13(19-2)6-4-12/h3-6,14H,7-11H2,1-2H3,(H,16,18). The molecule has 0 aromatic heterocycles. The highest BCUT2D eigenvalue weighted by Crippen LogP contribution is 2.23. The molecule has 0 radical (unpaired) electrons. The fourth-order valence-electron chi connectivity index (χ4n) is 2.22. The average Bonchev–Trinajstić information content (AvgIpc) is 2.47. The number of nitrogens with one attached hydrogen (secondary N) is 1. The Hall–Kier alpha value is -1.20. The first kappa shape index (κ1) is 15.2. The highest BCUT2D eigenvalue weighted by atomic mass is 32.2. The van der Waals surface area contributed by atoms with E-state index >= 15 is 0 Å². The van der Waals surface area contributed by atoms with Crippen LogP contribution in [0.3, 0.4) is 0 Å². The molecule has 0 unspecified atom stereocenters. The molecule has 0 bridgehead atoms. The minimum Gasteiger partial charge on any atom is -0.497 e. The summed E-state index contributed by atoms with van der Waals surface area (Å²) < 4.78 is 5.09. The van der Waals surface area contributed by atoms with Crippen molar-refractivity contribution in [1.29, 1.82) is 0 Å². The van der Waals surface area contributed by atoms with E-state index in [0.29, 0.717) is 11.0 Å². The zero-order valence-electron chi connectivity index (χ0n) is 12.1. The summed E-state index contributed by atoms with van der Waals surface area (Å²) >= 11 is 1.77. The lowest BCUT2D eigenvalue weighted by Crippen LogP contribution is -2.32. The van der Waals surface area contributed by atoms with E-state index in [-0.39, 0.29) is 5.91 Å². The lowest BCUT2D eigenvalue weighted by atomic mass is 10.1. The summed E-state index contributed by atoms with van der Waals surface area (Å²) in [4.78, 5) is 14.2. The van der Waals surface area contributed by atoms with Crippen molar-refractivity contribution in [1.82, 2.24) is 4.90 Å². The maximum absolute atomic E-state index is 11.9. The second kappa shape index (κ2) is 7.55. The molecule has 110 valence electrons. The minimum absolute atomic E-state index is 0.0686. The van der Waals surface area contributed by atoms with E-state index in [1.165, 1.54) is 12.8 Å². The van der Waals surface area contributed by atoms with Gasteiger partial charge in [-0.2, -0.15) is 0 Å². The van der Waals surface area contributed by atoms with Gasteiger partial charge in [-0.15, -0.1) is 11.8 Å². The number of hydrogen-bond donors (Lipinski definition) is 1. The van der Waals surface area contributed by atoms with Gasteiger partial charge in [-0.3, -0.25) is 4.79 Å². The highest BCUT2D eigenvalue weighted by Gasteiger charge is 2.17. The molecule has 0 atom stereocenters. The average molecular weight is 294 g/mol. The van der Waals surface area contributed by atoms with Crippen LogP contribution in [-0.2, 0) is 4.79 Å². The van der Waals surface area contributed by atoms with E-state index in [1.807, 2.05) is 24.3 Å². The first-order chi connectivity index (χ1) is 9.67. The molecule has 1 amide bonds. The van der Waals surface area contributed by atoms with E-state index in [0.717, 1.165) is 24.5 Å². The summed E-state index contributed by atoms with van der Waals surface area (Å²) in [5.74, 6) is 1.39. The molecule has 1 fully saturated rings. The fraction of sp³-hybridized carbons (Fsp3) is 0.533. The maximum atomic E-state index is 11.9. The molecule has 1 aliphatic heterocycles. The van der Waals surface area contributed by atoms with Crippen molar-refractivity contribution in [2.75, 3.05) is 38.3 Å². The van der Waals surface area contributed by atoms with Crippen LogP contribution < -0.4 is 10.1 Å². The monoisotopic (exact) mass is 294 g/mol. The number of carbonyl (C=O) groups excluding carboxylic acids is 1. The van der Waals surface area contributed by atoms with Crippen molar-refractivity contribution >= 4 is 23.4 Å². The Labute approximate surface area is 124 Å². The lowest BCUT2D eigenvalue weighted by Gasteiger charge is -2.28. The van der Waals surface area contributed by atoms with Crippen LogP contribution in [-0.4, -0.2) is 49.1 Å². The van der Waals surface area contributed by atoms with Crippen LogP contribution in [0.4, 0.5) is 5.69 Å². The van der Waals surface area contributed by atoms with Crippen LogP contribution in [0.2, 0.25) is 0 Å². The predicted molar refractivity (Wildman–Crippen MR) is 84.6 cm³/mol. The molecular weight excluding hydrogens is 272 g/mol. The molecule has 2 rings (SSSR count). The Bertz CT molecular complexity index is 428. The number of methoxy groups -OCH3 is 1. The lowest BCUT2D eigenvalue weighted by molar-refractivity contribution is -0.113. The van der Waals surface area contributed by atoms with Gasteiger partial charge < -0.3 is 15.0 Å². The Morgan fingerprint density at radius 2 is 2.00 bits per heavy atom. The molecule has 1 saturated heterocycles. The molecule has 1 aromatic rings. The molecule has 5 heteroatoms. The first-order valence-corrected chi connectivity index (χ1v) is 7.96. The van der Waals surface area contributed by atoms with Crippen LogP contribution in [0.1, 0.15) is 12.8 Å². The van der Waals surface area contributed by atoms with Gasteiger partial charge in [0.25, 0.3) is 0 Å². The van der Waals surface area contributed by atoms with E-state index < -0.39 is 0 Å². The van der Waals surface area contributed by atoms with Crippen molar-refractivity contribution < 1.29 is 9.53 Å². The molecule has 0 aliphatic carbocycles. The van der Waals surface area contributed by atoms with Gasteiger partial charge in [0.1, 0.15) is 5.75 Å². The number of anilines is 1. The summed E-state index contributed by atoms with van der Waals surface area (Å²) in [5.41, 5.74) is 0.819. The Kier molecular flexibility index (Phi) is 5.73. The summed E-state index contributed by atoms with van der Waals surface area (Å²) in [6, 6.07) is 7.41. The second-order valence-corrected chi connectivity index (χ2v) is 6.38. The third-order valence-electron chi connectivity index (χ3n) is 3.49. The number of thioether (sulfide) groups is 1. The van der Waals surface area contributed by atoms with Gasteiger partial charge in [-0.25, -0.2) is 0 Å². The van der Waals surface area contributed by atoms with E-state index in [4.69, 9.17) is 4.74 Å². The van der Waals surface area contributed by atoms with Gasteiger partial charge in [-0.1, -0.05) is 0 Å². The number of likely N-dealkylation sites (tertiary alicyclic amines) is 1. The van der Waals surface area contributed by atoms with Gasteiger partial charge >= 0.3 is 0 Å². The van der Waals surface area contributed by atoms with Crippen LogP contribution >= 0.6 is 11.8 Å². The first-order valence-electron chi connectivity index (χ1n) is 6.91. The third-order valence-corrected chi connectivity index (χ3v) is 4.86. The fourth-order valence-corrected chi connectivity index (χ4v) is 3.22. The number of hydrogen-bond acceptors (Lipinski definition) is 4. The van der Waals surface area contributed by atoms with E-state index in [9.17, 15) is 4.79 Å². The smallest absolute Gasteiger partial charge is 0.234 e. The zero-order valence-corrected chi connectivity index (χ0v) is 12.9. The van der Waals surface area contributed by atoms with E-state index in [2.05, 4.69) is 17.3 Å². The van der Waals surface area contributed by atoms with Gasteiger partial charge in [0.05, 0.1) is 12.9 Å². The number of nitrogens with zero attached hydrogens (tertiary/aromatic N) is 1. The molecule has 1 aromatic carbocycles. The van der Waals surface area contributed by atoms with Gasteiger partial charge in [0, 0.05) is 10.9 Å².